The van der Waals surface area contributed by atoms with E-state index in [-0.39, 0.29) is 0 Å². The topological polar surface area (TPSA) is 17.1 Å². The Hall–Kier alpha value is -0.240. The van der Waals surface area contributed by atoms with Crippen molar-refractivity contribution in [3.63, 3.8) is 0 Å². The largest absolute Gasteiger partial charge is 0.295 e. The van der Waals surface area contributed by atoms with Crippen molar-refractivity contribution in [3.05, 3.63) is 11.0 Å². The average molecular weight is 282 g/mol. The van der Waals surface area contributed by atoms with Crippen molar-refractivity contribution in [1.29, 1.82) is 0 Å². The van der Waals surface area contributed by atoms with Gasteiger partial charge in [-0.2, -0.15) is 0 Å². The van der Waals surface area contributed by atoms with Crippen LogP contribution in [0.15, 0.2) is 11.0 Å². The Labute approximate surface area is 123 Å². The lowest BCUT2D eigenvalue weighted by atomic mass is 9.97. The smallest absolute Gasteiger partial charge is 0.159 e. The number of allylic oxidation sites excluding steroid dienone is 1. The minimum atomic E-state index is 0.421. The van der Waals surface area contributed by atoms with Crippen LogP contribution in [0.3, 0.4) is 0 Å². The molecule has 2 heteroatoms. The molecule has 0 radical (unpaired) electrons. The Morgan fingerprint density at radius 2 is 1.53 bits per heavy atom. The molecule has 0 amide bonds. The molecule has 19 heavy (non-hydrogen) atoms. The highest BCUT2D eigenvalue weighted by molar-refractivity contribution is 8.02. The zero-order valence-corrected chi connectivity index (χ0v) is 13.4. The summed E-state index contributed by atoms with van der Waals surface area (Å²) in [4.78, 5) is 12.2. The second-order valence-corrected chi connectivity index (χ2v) is 6.60. The Bertz CT molecular complexity index is 270. The Morgan fingerprint density at radius 3 is 2.16 bits per heavy atom. The molecule has 1 fully saturated rings. The number of Topliss-reactive ketones (excluding diaryl/α,β-unsaturated/α-hetero) is 1. The first-order chi connectivity index (χ1) is 9.34. The van der Waals surface area contributed by atoms with Crippen LogP contribution in [-0.4, -0.2) is 11.5 Å². The number of rotatable bonds is 4. The monoisotopic (exact) mass is 282 g/mol. The van der Waals surface area contributed by atoms with E-state index in [1.54, 1.807) is 0 Å². The molecule has 1 rings (SSSR count). The summed E-state index contributed by atoms with van der Waals surface area (Å²) in [5.41, 5.74) is 1.11. The average Bonchev–Trinajstić information content (AvgIpc) is 2.41. The maximum absolute atomic E-state index is 12.2. The summed E-state index contributed by atoms with van der Waals surface area (Å²) in [7, 11) is 0. The number of unbranched alkanes of at least 4 members (excludes halogenated alkanes) is 1. The highest BCUT2D eigenvalue weighted by atomic mass is 32.2. The molecule has 0 spiro atoms. The van der Waals surface area contributed by atoms with Crippen LogP contribution in [0, 0.1) is 0 Å². The lowest BCUT2D eigenvalue weighted by Gasteiger charge is -2.09. The number of carbonyl (C=O) groups excluding carboxylic acids is 1. The maximum Gasteiger partial charge on any atom is 0.159 e. The highest BCUT2D eigenvalue weighted by Crippen LogP contribution is 2.21. The summed E-state index contributed by atoms with van der Waals surface area (Å²) in [5.74, 6) is 1.58. The quantitative estimate of drug-likeness (QED) is 0.472. The van der Waals surface area contributed by atoms with Gasteiger partial charge in [-0.25, -0.2) is 0 Å². The summed E-state index contributed by atoms with van der Waals surface area (Å²) in [6, 6.07) is 0. The summed E-state index contributed by atoms with van der Waals surface area (Å²) < 4.78 is 0. The summed E-state index contributed by atoms with van der Waals surface area (Å²) in [6.45, 7) is 2.22. The number of ketones is 1. The third kappa shape index (κ3) is 8.52. The van der Waals surface area contributed by atoms with E-state index in [0.717, 1.165) is 30.6 Å². The van der Waals surface area contributed by atoms with Crippen LogP contribution in [0.4, 0.5) is 0 Å². The third-order valence-electron chi connectivity index (χ3n) is 3.80. The zero-order chi connectivity index (χ0) is 13.8. The lowest BCUT2D eigenvalue weighted by molar-refractivity contribution is -0.115. The molecule has 0 atom stereocenters. The van der Waals surface area contributed by atoms with Crippen molar-refractivity contribution in [2.24, 2.45) is 0 Å². The van der Waals surface area contributed by atoms with Gasteiger partial charge in [0.1, 0.15) is 0 Å². The molecule has 0 unspecified atom stereocenters. The molecule has 0 saturated heterocycles. The molecule has 0 aromatic rings. The van der Waals surface area contributed by atoms with E-state index in [0.29, 0.717) is 5.78 Å². The van der Waals surface area contributed by atoms with Gasteiger partial charge >= 0.3 is 0 Å². The van der Waals surface area contributed by atoms with Gasteiger partial charge in [-0.1, -0.05) is 51.9 Å². The molecular weight excluding hydrogens is 252 g/mol. The van der Waals surface area contributed by atoms with Gasteiger partial charge in [0, 0.05) is 12.0 Å². The van der Waals surface area contributed by atoms with E-state index in [1.807, 2.05) is 11.8 Å². The molecule has 1 aliphatic carbocycles. The summed E-state index contributed by atoms with van der Waals surface area (Å²) in [6.07, 6.45) is 14.5. The maximum atomic E-state index is 12.2. The Balaban J connectivity index is 2.43. The van der Waals surface area contributed by atoms with Gasteiger partial charge in [0.05, 0.1) is 0 Å². The van der Waals surface area contributed by atoms with Crippen molar-refractivity contribution in [1.82, 2.24) is 0 Å². The Kier molecular flexibility index (Phi) is 10.2. The van der Waals surface area contributed by atoms with E-state index in [9.17, 15) is 4.79 Å². The van der Waals surface area contributed by atoms with E-state index < -0.39 is 0 Å². The van der Waals surface area contributed by atoms with Crippen molar-refractivity contribution >= 4 is 17.5 Å². The van der Waals surface area contributed by atoms with Crippen molar-refractivity contribution in [3.8, 4) is 0 Å². The van der Waals surface area contributed by atoms with Crippen LogP contribution in [0.5, 0.6) is 0 Å². The predicted octanol–water partition coefficient (Wildman–Crippen LogP) is 5.89. The van der Waals surface area contributed by atoms with Crippen LogP contribution < -0.4 is 0 Å². The second kappa shape index (κ2) is 11.6. The molecule has 0 heterocycles. The minimum Gasteiger partial charge on any atom is -0.295 e. The molecule has 110 valence electrons. The van der Waals surface area contributed by atoms with Crippen LogP contribution in [0.2, 0.25) is 0 Å². The third-order valence-corrected chi connectivity index (χ3v) is 4.78. The highest BCUT2D eigenvalue weighted by Gasteiger charge is 2.10. The van der Waals surface area contributed by atoms with E-state index in [2.05, 4.69) is 12.3 Å². The van der Waals surface area contributed by atoms with Crippen LogP contribution >= 0.6 is 11.8 Å². The first-order valence-electron chi connectivity index (χ1n) is 8.18. The number of hydrogen-bond acceptors (Lipinski definition) is 2. The lowest BCUT2D eigenvalue weighted by Crippen LogP contribution is -2.03. The number of hydrogen-bond donors (Lipinski definition) is 0. The Morgan fingerprint density at radius 1 is 0.947 bits per heavy atom. The molecule has 0 N–H and O–H groups in total. The summed E-state index contributed by atoms with van der Waals surface area (Å²) >= 11 is 1.84. The standard InChI is InChI=1S/C17H30OS/c1-2-3-14-19-15-16-12-10-8-6-4-5-7-9-11-13-17(16)18/h15H,2-14H2,1H3. The van der Waals surface area contributed by atoms with Crippen LogP contribution in [-0.2, 0) is 4.79 Å². The van der Waals surface area contributed by atoms with Gasteiger partial charge in [-0.3, -0.25) is 4.79 Å². The van der Waals surface area contributed by atoms with Gasteiger partial charge in [0.15, 0.2) is 5.78 Å². The first kappa shape index (κ1) is 16.8. The molecule has 1 aliphatic rings. The van der Waals surface area contributed by atoms with Crippen molar-refractivity contribution in [2.75, 3.05) is 5.75 Å². The molecule has 0 aliphatic heterocycles. The van der Waals surface area contributed by atoms with E-state index >= 15 is 0 Å². The zero-order valence-electron chi connectivity index (χ0n) is 12.6. The van der Waals surface area contributed by atoms with Gasteiger partial charge in [0.25, 0.3) is 0 Å². The van der Waals surface area contributed by atoms with Crippen LogP contribution in [0.25, 0.3) is 0 Å². The molecule has 0 bridgehead atoms. The molecule has 1 nitrogen and oxygen atoms in total. The molecule has 0 aromatic carbocycles. The summed E-state index contributed by atoms with van der Waals surface area (Å²) in [5, 5.41) is 2.17. The van der Waals surface area contributed by atoms with Gasteiger partial charge in [0.2, 0.25) is 0 Å². The number of thioether (sulfide) groups is 1. The SMILES string of the molecule is CCCCSC=C1CCCCCCCCCCC1=O. The normalized spacial score (nSPS) is 21.9. The van der Waals surface area contributed by atoms with Gasteiger partial charge < -0.3 is 0 Å². The van der Waals surface area contributed by atoms with Crippen molar-refractivity contribution < 1.29 is 4.79 Å². The van der Waals surface area contributed by atoms with Gasteiger partial charge in [-0.05, 0) is 36.8 Å². The van der Waals surface area contributed by atoms with Gasteiger partial charge in [-0.15, -0.1) is 11.8 Å². The fraction of sp³-hybridized carbons (Fsp3) is 0.824. The van der Waals surface area contributed by atoms with E-state index in [1.165, 1.54) is 57.8 Å². The molecule has 1 saturated carbocycles. The first-order valence-corrected chi connectivity index (χ1v) is 9.23. The second-order valence-electron chi connectivity index (χ2n) is 5.62. The fourth-order valence-corrected chi connectivity index (χ4v) is 3.50. The molecular formula is C17H30OS. The minimum absolute atomic E-state index is 0.421. The number of carbonyl (C=O) groups is 1. The van der Waals surface area contributed by atoms with E-state index in [4.69, 9.17) is 0 Å². The fourth-order valence-electron chi connectivity index (χ4n) is 2.47. The molecule has 0 aromatic heterocycles. The van der Waals surface area contributed by atoms with Crippen LogP contribution in [0.1, 0.15) is 84.0 Å². The van der Waals surface area contributed by atoms with Crippen molar-refractivity contribution in [2.45, 2.75) is 84.0 Å². The predicted molar refractivity (Wildman–Crippen MR) is 86.6 cm³/mol.